The Morgan fingerprint density at radius 3 is 2.81 bits per heavy atom. The lowest BCUT2D eigenvalue weighted by Gasteiger charge is -2.25. The van der Waals surface area contributed by atoms with Crippen LogP contribution in [0.15, 0.2) is 42.5 Å². The number of nitrogens with zero attached hydrogens (tertiary/aromatic N) is 1. The highest BCUT2D eigenvalue weighted by Crippen LogP contribution is 2.20. The SMILES string of the molecule is OCCN(Cc1cccc2ccccc12)CC1CCCN1. The van der Waals surface area contributed by atoms with Gasteiger partial charge in [0.1, 0.15) is 0 Å². The summed E-state index contributed by atoms with van der Waals surface area (Å²) in [7, 11) is 0. The van der Waals surface area contributed by atoms with Crippen molar-refractivity contribution in [3.05, 3.63) is 48.0 Å². The molecule has 0 spiro atoms. The molecule has 3 heteroatoms. The third-order valence-corrected chi connectivity index (χ3v) is 4.33. The second-order valence-corrected chi connectivity index (χ2v) is 5.89. The van der Waals surface area contributed by atoms with E-state index in [-0.39, 0.29) is 6.61 Å². The van der Waals surface area contributed by atoms with E-state index in [0.29, 0.717) is 6.04 Å². The molecule has 0 saturated carbocycles. The molecule has 0 aliphatic carbocycles. The topological polar surface area (TPSA) is 35.5 Å². The zero-order valence-corrected chi connectivity index (χ0v) is 12.5. The van der Waals surface area contributed by atoms with E-state index in [2.05, 4.69) is 52.7 Å². The van der Waals surface area contributed by atoms with Crippen molar-refractivity contribution in [2.75, 3.05) is 26.2 Å². The van der Waals surface area contributed by atoms with E-state index >= 15 is 0 Å². The smallest absolute Gasteiger partial charge is 0.0558 e. The number of rotatable bonds is 6. The zero-order chi connectivity index (χ0) is 14.5. The van der Waals surface area contributed by atoms with Crippen LogP contribution in [0.3, 0.4) is 0 Å². The molecule has 2 N–H and O–H groups in total. The number of nitrogens with one attached hydrogen (secondary N) is 1. The van der Waals surface area contributed by atoms with Crippen LogP contribution in [0.2, 0.25) is 0 Å². The van der Waals surface area contributed by atoms with Crippen molar-refractivity contribution < 1.29 is 5.11 Å². The lowest BCUT2D eigenvalue weighted by atomic mass is 10.0. The monoisotopic (exact) mass is 284 g/mol. The van der Waals surface area contributed by atoms with Gasteiger partial charge in [0.05, 0.1) is 6.61 Å². The molecule has 3 nitrogen and oxygen atoms in total. The van der Waals surface area contributed by atoms with Gasteiger partial charge in [-0.3, -0.25) is 4.90 Å². The van der Waals surface area contributed by atoms with Crippen LogP contribution in [0.4, 0.5) is 0 Å². The van der Waals surface area contributed by atoms with E-state index in [0.717, 1.165) is 26.2 Å². The molecule has 2 aromatic carbocycles. The fourth-order valence-corrected chi connectivity index (χ4v) is 3.27. The molecular formula is C18H24N2O. The number of hydrogen-bond donors (Lipinski definition) is 2. The van der Waals surface area contributed by atoms with Crippen LogP contribution in [0, 0.1) is 0 Å². The quantitative estimate of drug-likeness (QED) is 0.855. The molecule has 1 saturated heterocycles. The minimum atomic E-state index is 0.220. The Balaban J connectivity index is 1.76. The highest BCUT2D eigenvalue weighted by Gasteiger charge is 2.18. The summed E-state index contributed by atoms with van der Waals surface area (Å²) in [5.41, 5.74) is 1.35. The number of aliphatic hydroxyl groups is 1. The van der Waals surface area contributed by atoms with Gasteiger partial charge in [-0.25, -0.2) is 0 Å². The summed E-state index contributed by atoms with van der Waals surface area (Å²) in [4.78, 5) is 2.37. The van der Waals surface area contributed by atoms with Crippen LogP contribution in [0.25, 0.3) is 10.8 Å². The Morgan fingerprint density at radius 2 is 2.00 bits per heavy atom. The van der Waals surface area contributed by atoms with Gasteiger partial charge in [0.15, 0.2) is 0 Å². The average molecular weight is 284 g/mol. The summed E-state index contributed by atoms with van der Waals surface area (Å²) < 4.78 is 0. The molecule has 21 heavy (non-hydrogen) atoms. The molecule has 1 atom stereocenters. The Kier molecular flexibility index (Phi) is 4.86. The molecule has 1 aliphatic heterocycles. The van der Waals surface area contributed by atoms with Crippen molar-refractivity contribution in [1.82, 2.24) is 10.2 Å². The molecular weight excluding hydrogens is 260 g/mol. The summed E-state index contributed by atoms with van der Waals surface area (Å²) >= 11 is 0. The first kappa shape index (κ1) is 14.5. The molecule has 112 valence electrons. The highest BCUT2D eigenvalue weighted by atomic mass is 16.3. The van der Waals surface area contributed by atoms with Crippen LogP contribution in [0.5, 0.6) is 0 Å². The van der Waals surface area contributed by atoms with Gasteiger partial charge in [-0.05, 0) is 35.7 Å². The highest BCUT2D eigenvalue weighted by molar-refractivity contribution is 5.85. The summed E-state index contributed by atoms with van der Waals surface area (Å²) in [6.45, 7) is 4.01. The molecule has 2 aromatic rings. The predicted octanol–water partition coefficient (Wildman–Crippen LogP) is 2.39. The van der Waals surface area contributed by atoms with E-state index in [4.69, 9.17) is 0 Å². The first-order chi connectivity index (χ1) is 10.4. The Hall–Kier alpha value is -1.42. The second kappa shape index (κ2) is 7.03. The van der Waals surface area contributed by atoms with Crippen LogP contribution >= 0.6 is 0 Å². The van der Waals surface area contributed by atoms with Gasteiger partial charge in [0, 0.05) is 25.7 Å². The standard InChI is InChI=1S/C18H24N2O/c21-12-11-20(14-17-8-4-10-19-17)13-16-7-3-6-15-5-1-2-9-18(15)16/h1-3,5-7,9,17,19,21H,4,8,10-14H2. The Morgan fingerprint density at radius 1 is 1.14 bits per heavy atom. The molecule has 0 amide bonds. The van der Waals surface area contributed by atoms with E-state index in [1.807, 2.05) is 0 Å². The third kappa shape index (κ3) is 3.62. The van der Waals surface area contributed by atoms with Gasteiger partial charge in [0.2, 0.25) is 0 Å². The molecule has 1 heterocycles. The third-order valence-electron chi connectivity index (χ3n) is 4.33. The fourth-order valence-electron chi connectivity index (χ4n) is 3.27. The summed E-state index contributed by atoms with van der Waals surface area (Å²) in [6, 6.07) is 15.6. The van der Waals surface area contributed by atoms with Crippen molar-refractivity contribution in [2.45, 2.75) is 25.4 Å². The van der Waals surface area contributed by atoms with Crippen molar-refractivity contribution in [2.24, 2.45) is 0 Å². The fraction of sp³-hybridized carbons (Fsp3) is 0.444. The van der Waals surface area contributed by atoms with E-state index < -0.39 is 0 Å². The second-order valence-electron chi connectivity index (χ2n) is 5.89. The normalized spacial score (nSPS) is 18.7. The van der Waals surface area contributed by atoms with Crippen LogP contribution in [-0.2, 0) is 6.54 Å². The van der Waals surface area contributed by atoms with E-state index in [1.165, 1.54) is 29.2 Å². The molecule has 0 aromatic heterocycles. The number of hydrogen-bond acceptors (Lipinski definition) is 3. The van der Waals surface area contributed by atoms with Crippen molar-refractivity contribution in [3.8, 4) is 0 Å². The molecule has 1 unspecified atom stereocenters. The van der Waals surface area contributed by atoms with Gasteiger partial charge in [-0.1, -0.05) is 42.5 Å². The maximum Gasteiger partial charge on any atom is 0.0558 e. The molecule has 0 radical (unpaired) electrons. The molecule has 0 bridgehead atoms. The van der Waals surface area contributed by atoms with Crippen molar-refractivity contribution in [1.29, 1.82) is 0 Å². The van der Waals surface area contributed by atoms with Crippen molar-refractivity contribution in [3.63, 3.8) is 0 Å². The minimum absolute atomic E-state index is 0.220. The van der Waals surface area contributed by atoms with Gasteiger partial charge >= 0.3 is 0 Å². The number of fused-ring (bicyclic) bond motifs is 1. The van der Waals surface area contributed by atoms with E-state index in [1.54, 1.807) is 0 Å². The number of aliphatic hydroxyl groups excluding tert-OH is 1. The Labute approximate surface area is 126 Å². The Bertz CT molecular complexity index is 573. The van der Waals surface area contributed by atoms with Gasteiger partial charge in [-0.2, -0.15) is 0 Å². The van der Waals surface area contributed by atoms with Gasteiger partial charge < -0.3 is 10.4 Å². The van der Waals surface area contributed by atoms with Crippen LogP contribution in [0.1, 0.15) is 18.4 Å². The first-order valence-corrected chi connectivity index (χ1v) is 7.90. The van der Waals surface area contributed by atoms with Gasteiger partial charge in [0.25, 0.3) is 0 Å². The minimum Gasteiger partial charge on any atom is -0.395 e. The van der Waals surface area contributed by atoms with Gasteiger partial charge in [-0.15, -0.1) is 0 Å². The maximum absolute atomic E-state index is 9.34. The lowest BCUT2D eigenvalue weighted by Crippen LogP contribution is -2.38. The molecule has 1 fully saturated rings. The zero-order valence-electron chi connectivity index (χ0n) is 12.5. The first-order valence-electron chi connectivity index (χ1n) is 7.90. The maximum atomic E-state index is 9.34. The van der Waals surface area contributed by atoms with Crippen LogP contribution in [-0.4, -0.2) is 42.3 Å². The van der Waals surface area contributed by atoms with Crippen molar-refractivity contribution >= 4 is 10.8 Å². The summed E-state index contributed by atoms with van der Waals surface area (Å²) in [5, 5.41) is 15.5. The summed E-state index contributed by atoms with van der Waals surface area (Å²) in [5.74, 6) is 0. The largest absolute Gasteiger partial charge is 0.395 e. The number of benzene rings is 2. The molecule has 1 aliphatic rings. The molecule has 3 rings (SSSR count). The lowest BCUT2D eigenvalue weighted by molar-refractivity contribution is 0.179. The summed E-state index contributed by atoms with van der Waals surface area (Å²) in [6.07, 6.45) is 2.52. The predicted molar refractivity (Wildman–Crippen MR) is 87.3 cm³/mol. The average Bonchev–Trinajstić information content (AvgIpc) is 3.01. The van der Waals surface area contributed by atoms with Crippen LogP contribution < -0.4 is 5.32 Å². The van der Waals surface area contributed by atoms with E-state index in [9.17, 15) is 5.11 Å².